The molecule has 2 atom stereocenters. The maximum atomic E-state index is 11.8. The summed E-state index contributed by atoms with van der Waals surface area (Å²) in [6.07, 6.45) is 5.20. The van der Waals surface area contributed by atoms with Crippen LogP contribution in [-0.2, 0) is 14.3 Å². The fraction of sp³-hybridized carbons (Fsp3) is 0.765. The molecule has 23 heavy (non-hydrogen) atoms. The molecule has 6 heteroatoms. The fourth-order valence-corrected chi connectivity index (χ4v) is 2.20. The summed E-state index contributed by atoms with van der Waals surface area (Å²) in [4.78, 5) is 22.6. The highest BCUT2D eigenvalue weighted by atomic mass is 16.5. The van der Waals surface area contributed by atoms with Gasteiger partial charge >= 0.3 is 5.97 Å². The zero-order chi connectivity index (χ0) is 17.9. The van der Waals surface area contributed by atoms with Crippen molar-refractivity contribution in [2.75, 3.05) is 27.7 Å². The molecule has 1 N–H and O–H groups in total. The molecular formula is C17H31NO5. The number of nitrogens with zero attached hydrogens (tertiary/aromatic N) is 1. The van der Waals surface area contributed by atoms with Gasteiger partial charge in [0.25, 0.3) is 0 Å². The maximum Gasteiger partial charge on any atom is 0.306 e. The van der Waals surface area contributed by atoms with Gasteiger partial charge in [-0.25, -0.2) is 0 Å². The minimum Gasteiger partial charge on any atom is -0.550 e. The van der Waals surface area contributed by atoms with Gasteiger partial charge in [0.05, 0.1) is 27.2 Å². The van der Waals surface area contributed by atoms with E-state index in [9.17, 15) is 19.8 Å². The van der Waals surface area contributed by atoms with Crippen LogP contribution in [0.3, 0.4) is 0 Å². The first-order chi connectivity index (χ1) is 10.6. The van der Waals surface area contributed by atoms with E-state index >= 15 is 0 Å². The Morgan fingerprint density at radius 2 is 1.91 bits per heavy atom. The van der Waals surface area contributed by atoms with Crippen molar-refractivity contribution in [1.29, 1.82) is 0 Å². The van der Waals surface area contributed by atoms with Gasteiger partial charge in [0.1, 0.15) is 6.54 Å². The van der Waals surface area contributed by atoms with E-state index in [0.717, 1.165) is 6.42 Å². The fourth-order valence-electron chi connectivity index (χ4n) is 2.20. The second-order valence-corrected chi connectivity index (χ2v) is 6.82. The van der Waals surface area contributed by atoms with Crippen molar-refractivity contribution in [3.63, 3.8) is 0 Å². The molecule has 6 nitrogen and oxygen atoms in total. The topological polar surface area (TPSA) is 86.7 Å². The maximum absolute atomic E-state index is 11.8. The number of quaternary nitrogens is 1. The lowest BCUT2D eigenvalue weighted by atomic mass is 10.1. The standard InChI is InChI=1S/C17H31NO5/c1-5-6-7-9-14(19)10-8-11-17(22)23-15(12-16(20)21)13-18(2,3)4/h6-7,14-15,19H,5,8-13H2,1-4H3/b7-6+. The van der Waals surface area contributed by atoms with Crippen molar-refractivity contribution in [3.8, 4) is 0 Å². The van der Waals surface area contributed by atoms with Gasteiger partial charge in [0, 0.05) is 18.8 Å². The van der Waals surface area contributed by atoms with Crippen LogP contribution in [0, 0.1) is 0 Å². The number of hydrogen-bond acceptors (Lipinski definition) is 5. The van der Waals surface area contributed by atoms with E-state index in [2.05, 4.69) is 0 Å². The van der Waals surface area contributed by atoms with Gasteiger partial charge in [-0.05, 0) is 25.7 Å². The van der Waals surface area contributed by atoms with E-state index in [4.69, 9.17) is 4.74 Å². The van der Waals surface area contributed by atoms with E-state index in [0.29, 0.717) is 30.3 Å². The number of aliphatic hydroxyl groups is 1. The number of likely N-dealkylation sites (N-methyl/N-ethyl adjacent to an activating group) is 1. The highest BCUT2D eigenvalue weighted by molar-refractivity contribution is 5.70. The molecule has 0 aliphatic carbocycles. The Morgan fingerprint density at radius 1 is 1.26 bits per heavy atom. The first kappa shape index (κ1) is 21.6. The van der Waals surface area contributed by atoms with E-state index in [1.165, 1.54) is 0 Å². The van der Waals surface area contributed by atoms with E-state index in [1.54, 1.807) is 0 Å². The van der Waals surface area contributed by atoms with Crippen LogP contribution >= 0.6 is 0 Å². The number of aliphatic hydroxyl groups excluding tert-OH is 1. The summed E-state index contributed by atoms with van der Waals surface area (Å²) in [7, 11) is 5.70. The molecule has 0 aromatic heterocycles. The Bertz CT molecular complexity index is 387. The number of carboxylic acids is 1. The third-order valence-electron chi connectivity index (χ3n) is 3.17. The SMILES string of the molecule is CC/C=C/CC(O)CCCC(=O)OC(CC(=O)[O-])C[N+](C)(C)C. The monoisotopic (exact) mass is 329 g/mol. The van der Waals surface area contributed by atoms with Crippen LogP contribution in [0.4, 0.5) is 0 Å². The predicted molar refractivity (Wildman–Crippen MR) is 86.3 cm³/mol. The molecule has 0 amide bonds. The largest absolute Gasteiger partial charge is 0.550 e. The number of ether oxygens (including phenoxy) is 1. The van der Waals surface area contributed by atoms with Crippen molar-refractivity contribution in [3.05, 3.63) is 12.2 Å². The summed E-state index contributed by atoms with van der Waals surface area (Å²) in [5.74, 6) is -1.66. The molecule has 2 unspecified atom stereocenters. The van der Waals surface area contributed by atoms with Crippen molar-refractivity contribution >= 4 is 11.9 Å². The van der Waals surface area contributed by atoms with Crippen LogP contribution in [0.25, 0.3) is 0 Å². The number of carboxylic acid groups (broad SMARTS) is 1. The minimum atomic E-state index is -1.23. The number of esters is 1. The van der Waals surface area contributed by atoms with Crippen LogP contribution in [0.2, 0.25) is 0 Å². The molecular weight excluding hydrogens is 298 g/mol. The summed E-state index contributed by atoms with van der Waals surface area (Å²) in [6.45, 7) is 2.43. The first-order valence-electron chi connectivity index (χ1n) is 8.17. The van der Waals surface area contributed by atoms with Crippen molar-refractivity contribution in [2.24, 2.45) is 0 Å². The number of carbonyl (C=O) groups is 2. The molecule has 0 rings (SSSR count). The summed E-state index contributed by atoms with van der Waals surface area (Å²) in [5.41, 5.74) is 0. The lowest BCUT2D eigenvalue weighted by Crippen LogP contribution is -2.45. The number of carbonyl (C=O) groups excluding carboxylic acids is 2. The van der Waals surface area contributed by atoms with Crippen LogP contribution < -0.4 is 5.11 Å². The zero-order valence-corrected chi connectivity index (χ0v) is 14.8. The van der Waals surface area contributed by atoms with Gasteiger partial charge in [-0.15, -0.1) is 0 Å². The smallest absolute Gasteiger partial charge is 0.306 e. The van der Waals surface area contributed by atoms with Crippen LogP contribution in [-0.4, -0.2) is 61.4 Å². The van der Waals surface area contributed by atoms with Gasteiger partial charge in [0.2, 0.25) is 0 Å². The summed E-state index contributed by atoms with van der Waals surface area (Å²) in [5, 5.41) is 20.5. The Labute approximate surface area is 139 Å². The molecule has 0 saturated carbocycles. The minimum absolute atomic E-state index is 0.176. The van der Waals surface area contributed by atoms with Crippen LogP contribution in [0.15, 0.2) is 12.2 Å². The lowest BCUT2D eigenvalue weighted by molar-refractivity contribution is -0.873. The van der Waals surface area contributed by atoms with Crippen LogP contribution in [0.5, 0.6) is 0 Å². The van der Waals surface area contributed by atoms with E-state index < -0.39 is 24.1 Å². The number of hydrogen-bond donors (Lipinski definition) is 1. The molecule has 0 aliphatic heterocycles. The quantitative estimate of drug-likeness (QED) is 0.322. The molecule has 0 aliphatic rings. The molecule has 0 saturated heterocycles. The Balaban J connectivity index is 4.16. The van der Waals surface area contributed by atoms with Gasteiger partial charge in [-0.3, -0.25) is 4.79 Å². The van der Waals surface area contributed by atoms with Gasteiger partial charge in [0.15, 0.2) is 6.10 Å². The number of allylic oxidation sites excluding steroid dienone is 1. The van der Waals surface area contributed by atoms with E-state index in [-0.39, 0.29) is 12.8 Å². The predicted octanol–water partition coefficient (Wildman–Crippen LogP) is 0.632. The van der Waals surface area contributed by atoms with Crippen molar-refractivity contribution < 1.29 is 29.0 Å². The average molecular weight is 329 g/mol. The third-order valence-corrected chi connectivity index (χ3v) is 3.17. The molecule has 0 fully saturated rings. The number of rotatable bonds is 12. The van der Waals surface area contributed by atoms with Gasteiger partial charge in [-0.2, -0.15) is 0 Å². The van der Waals surface area contributed by atoms with Crippen LogP contribution in [0.1, 0.15) is 45.4 Å². The average Bonchev–Trinajstić information content (AvgIpc) is 2.35. The highest BCUT2D eigenvalue weighted by Gasteiger charge is 2.22. The Kier molecular flexibility index (Phi) is 10.5. The first-order valence-corrected chi connectivity index (χ1v) is 8.17. The molecule has 134 valence electrons. The van der Waals surface area contributed by atoms with Crippen molar-refractivity contribution in [1.82, 2.24) is 0 Å². The normalized spacial score (nSPS) is 14.7. The Hall–Kier alpha value is -1.40. The molecule has 0 aromatic rings. The highest BCUT2D eigenvalue weighted by Crippen LogP contribution is 2.10. The van der Waals surface area contributed by atoms with E-state index in [1.807, 2.05) is 40.2 Å². The molecule has 0 aromatic carbocycles. The summed E-state index contributed by atoms with van der Waals surface area (Å²) in [6, 6.07) is 0. The third kappa shape index (κ3) is 14.0. The van der Waals surface area contributed by atoms with Gasteiger partial charge in [-0.1, -0.05) is 19.1 Å². The second kappa shape index (κ2) is 11.2. The zero-order valence-electron chi connectivity index (χ0n) is 14.8. The number of aliphatic carboxylic acids is 1. The molecule has 0 heterocycles. The molecule has 0 bridgehead atoms. The lowest BCUT2D eigenvalue weighted by Gasteiger charge is -2.29. The molecule has 0 spiro atoms. The van der Waals surface area contributed by atoms with Gasteiger partial charge < -0.3 is 24.2 Å². The molecule has 0 radical (unpaired) electrons. The Morgan fingerprint density at radius 3 is 2.43 bits per heavy atom. The summed E-state index contributed by atoms with van der Waals surface area (Å²) < 4.78 is 5.74. The van der Waals surface area contributed by atoms with Crippen molar-refractivity contribution in [2.45, 2.75) is 57.7 Å². The second-order valence-electron chi connectivity index (χ2n) is 6.82. The summed E-state index contributed by atoms with van der Waals surface area (Å²) >= 11 is 0.